The Labute approximate surface area is 95.9 Å². The minimum Gasteiger partial charge on any atom is -0.302 e. The molecule has 3 unspecified atom stereocenters. The Morgan fingerprint density at radius 3 is 2.62 bits per heavy atom. The maximum absolute atomic E-state index is 4.85. The van der Waals surface area contributed by atoms with E-state index >= 15 is 0 Å². The lowest BCUT2D eigenvalue weighted by molar-refractivity contribution is 0.343. The van der Waals surface area contributed by atoms with Crippen molar-refractivity contribution in [3.05, 3.63) is 23.8 Å². The summed E-state index contributed by atoms with van der Waals surface area (Å²) in [6.07, 6.45) is 7.96. The maximum atomic E-state index is 4.85. The average molecular weight is 215 g/mol. The third kappa shape index (κ3) is 1.38. The average Bonchev–Trinajstić information content (AvgIpc) is 2.98. The Morgan fingerprint density at radius 2 is 1.94 bits per heavy atom. The Kier molecular flexibility index (Phi) is 1.86. The molecule has 1 aromatic heterocycles. The highest BCUT2D eigenvalue weighted by molar-refractivity contribution is 5.18. The molecule has 3 fully saturated rings. The molecule has 2 aliphatic heterocycles. The minimum absolute atomic E-state index is 0.667. The number of hydrogen-bond acceptors (Lipinski definition) is 3. The summed E-state index contributed by atoms with van der Waals surface area (Å²) in [5.74, 6) is 2.25. The van der Waals surface area contributed by atoms with E-state index in [9.17, 15) is 0 Å². The fourth-order valence-electron chi connectivity index (χ4n) is 3.27. The van der Waals surface area contributed by atoms with Gasteiger partial charge in [-0.25, -0.2) is 0 Å². The molecule has 3 heterocycles. The van der Waals surface area contributed by atoms with Gasteiger partial charge in [0.15, 0.2) is 0 Å². The molecule has 84 valence electrons. The lowest BCUT2D eigenvalue weighted by atomic mass is 9.90. The van der Waals surface area contributed by atoms with E-state index in [1.165, 1.54) is 50.3 Å². The van der Waals surface area contributed by atoms with Crippen molar-refractivity contribution < 1.29 is 0 Å². The van der Waals surface area contributed by atoms with Crippen LogP contribution in [0.3, 0.4) is 0 Å². The lowest BCUT2D eigenvalue weighted by Crippen LogP contribution is -2.23. The number of fused-ring (bicyclic) bond motifs is 2. The van der Waals surface area contributed by atoms with Gasteiger partial charge in [0.25, 0.3) is 0 Å². The van der Waals surface area contributed by atoms with E-state index < -0.39 is 0 Å². The first-order chi connectivity index (χ1) is 7.90. The second-order valence-corrected chi connectivity index (χ2v) is 5.56. The molecule has 16 heavy (non-hydrogen) atoms. The van der Waals surface area contributed by atoms with Gasteiger partial charge >= 0.3 is 0 Å². The van der Waals surface area contributed by atoms with E-state index in [2.05, 4.69) is 9.88 Å². The van der Waals surface area contributed by atoms with Gasteiger partial charge in [-0.05, 0) is 31.7 Å². The van der Waals surface area contributed by atoms with Gasteiger partial charge in [-0.2, -0.15) is 0 Å². The normalized spacial score (nSPS) is 36.9. The molecule has 0 radical (unpaired) electrons. The second kappa shape index (κ2) is 3.27. The van der Waals surface area contributed by atoms with E-state index in [0.717, 1.165) is 11.8 Å². The van der Waals surface area contributed by atoms with Crippen LogP contribution in [0.1, 0.15) is 42.5 Å². The summed E-state index contributed by atoms with van der Waals surface area (Å²) < 4.78 is 0. The molecule has 3 atom stereocenters. The first kappa shape index (κ1) is 9.11. The molecule has 3 aliphatic rings. The molecule has 3 nitrogen and oxygen atoms in total. The van der Waals surface area contributed by atoms with Gasteiger partial charge in [-0.1, -0.05) is 0 Å². The van der Waals surface area contributed by atoms with Gasteiger partial charge in [-0.3, -0.25) is 9.97 Å². The molecule has 0 spiro atoms. The fraction of sp³-hybridized carbons (Fsp3) is 0.692. The number of rotatable bonds is 2. The van der Waals surface area contributed by atoms with Crippen LogP contribution in [0.15, 0.2) is 12.4 Å². The molecule has 0 amide bonds. The molecule has 0 N–H and O–H groups in total. The summed E-state index contributed by atoms with van der Waals surface area (Å²) in [7, 11) is 0. The third-order valence-corrected chi connectivity index (χ3v) is 4.38. The van der Waals surface area contributed by atoms with Crippen LogP contribution in [0, 0.1) is 5.92 Å². The van der Waals surface area contributed by atoms with E-state index in [1.807, 2.05) is 12.4 Å². The fourth-order valence-corrected chi connectivity index (χ4v) is 3.27. The van der Waals surface area contributed by atoms with E-state index in [-0.39, 0.29) is 0 Å². The molecular formula is C13H17N3. The van der Waals surface area contributed by atoms with Crippen molar-refractivity contribution in [1.82, 2.24) is 14.9 Å². The summed E-state index contributed by atoms with van der Waals surface area (Å²) in [4.78, 5) is 11.8. The molecule has 2 bridgehead atoms. The number of aromatic nitrogens is 2. The van der Waals surface area contributed by atoms with Gasteiger partial charge in [0.2, 0.25) is 0 Å². The Bertz CT molecular complexity index is 413. The third-order valence-electron chi connectivity index (χ3n) is 4.38. The van der Waals surface area contributed by atoms with Crippen LogP contribution in [-0.4, -0.2) is 34.5 Å². The van der Waals surface area contributed by atoms with Crippen LogP contribution >= 0.6 is 0 Å². The van der Waals surface area contributed by atoms with Crippen LogP contribution < -0.4 is 0 Å². The number of hydrogen-bond donors (Lipinski definition) is 0. The van der Waals surface area contributed by atoms with Crippen LogP contribution in [0.5, 0.6) is 0 Å². The largest absolute Gasteiger partial charge is 0.302 e. The van der Waals surface area contributed by atoms with Gasteiger partial charge in [0.1, 0.15) is 0 Å². The van der Waals surface area contributed by atoms with E-state index in [0.29, 0.717) is 5.92 Å². The van der Waals surface area contributed by atoms with Crippen molar-refractivity contribution in [2.75, 3.05) is 19.6 Å². The van der Waals surface area contributed by atoms with Crippen molar-refractivity contribution in [3.63, 3.8) is 0 Å². The Balaban J connectivity index is 1.64. The SMILES string of the molecule is c1ncc(C2CN3CCC2C3)nc1C1CC1. The van der Waals surface area contributed by atoms with Gasteiger partial charge in [0, 0.05) is 37.3 Å². The van der Waals surface area contributed by atoms with Crippen molar-refractivity contribution >= 4 is 0 Å². The second-order valence-electron chi connectivity index (χ2n) is 5.56. The van der Waals surface area contributed by atoms with Crippen LogP contribution in [-0.2, 0) is 0 Å². The first-order valence-corrected chi connectivity index (χ1v) is 6.44. The summed E-state index contributed by atoms with van der Waals surface area (Å²) in [6.45, 7) is 3.81. The standard InChI is InChI=1S/C13H17N3/c1-2-9(1)12-5-14-6-13(15-12)11-8-16-4-3-10(11)7-16/h5-6,9-11H,1-4,7-8H2. The number of piperidine rings is 1. The molecule has 0 aromatic carbocycles. The highest BCUT2D eigenvalue weighted by Crippen LogP contribution is 2.41. The monoisotopic (exact) mass is 215 g/mol. The highest BCUT2D eigenvalue weighted by atomic mass is 15.2. The van der Waals surface area contributed by atoms with E-state index in [1.54, 1.807) is 0 Å². The zero-order valence-electron chi connectivity index (χ0n) is 9.47. The quantitative estimate of drug-likeness (QED) is 0.753. The summed E-state index contributed by atoms with van der Waals surface area (Å²) in [6, 6.07) is 0. The van der Waals surface area contributed by atoms with E-state index in [4.69, 9.17) is 4.98 Å². The lowest BCUT2D eigenvalue weighted by Gasteiger charge is -2.21. The molecular weight excluding hydrogens is 198 g/mol. The zero-order valence-corrected chi connectivity index (χ0v) is 9.47. The van der Waals surface area contributed by atoms with Gasteiger partial charge in [0.05, 0.1) is 11.4 Å². The summed E-state index contributed by atoms with van der Waals surface area (Å²) >= 11 is 0. The van der Waals surface area contributed by atoms with Crippen molar-refractivity contribution in [1.29, 1.82) is 0 Å². The van der Waals surface area contributed by atoms with Crippen LogP contribution in [0.2, 0.25) is 0 Å². The van der Waals surface area contributed by atoms with Gasteiger partial charge < -0.3 is 4.90 Å². The predicted octanol–water partition coefficient (Wildman–Crippen LogP) is 1.77. The van der Waals surface area contributed by atoms with Crippen LogP contribution in [0.4, 0.5) is 0 Å². The maximum Gasteiger partial charge on any atom is 0.0637 e. The minimum atomic E-state index is 0.667. The van der Waals surface area contributed by atoms with Crippen molar-refractivity contribution in [2.24, 2.45) is 5.92 Å². The van der Waals surface area contributed by atoms with Crippen LogP contribution in [0.25, 0.3) is 0 Å². The van der Waals surface area contributed by atoms with Crippen molar-refractivity contribution in [2.45, 2.75) is 31.1 Å². The highest BCUT2D eigenvalue weighted by Gasteiger charge is 2.39. The topological polar surface area (TPSA) is 29.0 Å². The smallest absolute Gasteiger partial charge is 0.0637 e. The molecule has 1 aromatic rings. The summed E-state index contributed by atoms with van der Waals surface area (Å²) in [5.41, 5.74) is 2.51. The van der Waals surface area contributed by atoms with Gasteiger partial charge in [-0.15, -0.1) is 0 Å². The first-order valence-electron chi connectivity index (χ1n) is 6.44. The molecule has 1 saturated carbocycles. The molecule has 3 heteroatoms. The van der Waals surface area contributed by atoms with Crippen molar-refractivity contribution in [3.8, 4) is 0 Å². The predicted molar refractivity (Wildman–Crippen MR) is 61.3 cm³/mol. The molecule has 1 aliphatic carbocycles. The molecule has 2 saturated heterocycles. The molecule has 4 rings (SSSR count). The zero-order chi connectivity index (χ0) is 10.5. The summed E-state index contributed by atoms with van der Waals surface area (Å²) in [5, 5.41) is 0. The Morgan fingerprint density at radius 1 is 1.06 bits per heavy atom. The Hall–Kier alpha value is -0.960. The number of nitrogens with zero attached hydrogens (tertiary/aromatic N) is 3.